The maximum absolute atomic E-state index is 4.19. The van der Waals surface area contributed by atoms with E-state index >= 15 is 0 Å². The molecule has 9 heavy (non-hydrogen) atoms. The second-order valence-corrected chi connectivity index (χ2v) is 4.76. The lowest BCUT2D eigenvalue weighted by molar-refractivity contribution is 1.72. The van der Waals surface area contributed by atoms with Crippen LogP contribution < -0.4 is 0 Å². The Morgan fingerprint density at radius 2 is 2.22 bits per heavy atom. The molecular formula is C6H10S3. The molecule has 0 aromatic carbocycles. The van der Waals surface area contributed by atoms with Gasteiger partial charge in [-0.2, -0.15) is 12.6 Å². The summed E-state index contributed by atoms with van der Waals surface area (Å²) in [6, 6.07) is 0. The minimum atomic E-state index is 0.245. The molecule has 0 aromatic rings. The Hall–Kier alpha value is 0.530. The topological polar surface area (TPSA) is 0 Å². The van der Waals surface area contributed by atoms with E-state index in [1.54, 1.807) is 21.6 Å². The molecule has 0 radical (unpaired) electrons. The van der Waals surface area contributed by atoms with Gasteiger partial charge in [0.2, 0.25) is 0 Å². The normalized spacial score (nSPS) is 12.6. The first-order chi connectivity index (χ1) is 4.31. The van der Waals surface area contributed by atoms with E-state index in [2.05, 4.69) is 25.8 Å². The van der Waals surface area contributed by atoms with Gasteiger partial charge in [0.05, 0.1) is 4.58 Å². The maximum Gasteiger partial charge on any atom is 0.0753 e. The van der Waals surface area contributed by atoms with Crippen LogP contribution in [0.2, 0.25) is 0 Å². The average Bonchev–Trinajstić information content (AvgIpc) is 1.89. The highest BCUT2D eigenvalue weighted by atomic mass is 33.1. The third-order valence-electron chi connectivity index (χ3n) is 0.554. The Balaban J connectivity index is 3.05. The molecule has 1 unspecified atom stereocenters. The molecule has 0 spiro atoms. The van der Waals surface area contributed by atoms with Crippen molar-refractivity contribution in [2.45, 2.75) is 4.58 Å². The highest BCUT2D eigenvalue weighted by molar-refractivity contribution is 8.78. The van der Waals surface area contributed by atoms with Crippen LogP contribution in [0.3, 0.4) is 0 Å². The molecule has 0 amide bonds. The van der Waals surface area contributed by atoms with Crippen LogP contribution in [0.25, 0.3) is 0 Å². The first-order valence-corrected chi connectivity index (χ1v) is 5.41. The maximum atomic E-state index is 4.19. The van der Waals surface area contributed by atoms with Gasteiger partial charge in [-0.1, -0.05) is 33.7 Å². The molecule has 0 nitrogen and oxygen atoms in total. The van der Waals surface area contributed by atoms with E-state index in [0.717, 1.165) is 5.75 Å². The predicted molar refractivity (Wildman–Crippen MR) is 53.2 cm³/mol. The SMILES string of the molecule is C=CCSSC(S)C=C. The molecular weight excluding hydrogens is 168 g/mol. The standard InChI is InChI=1S/C6H10S3/c1-3-5-8-9-6(7)4-2/h3-4,6-7H,1-2,5H2. The largest absolute Gasteiger partial charge is 0.160 e. The van der Waals surface area contributed by atoms with Crippen LogP contribution in [0, 0.1) is 0 Å². The monoisotopic (exact) mass is 178 g/mol. The van der Waals surface area contributed by atoms with Gasteiger partial charge in [0.1, 0.15) is 0 Å². The summed E-state index contributed by atoms with van der Waals surface area (Å²) < 4.78 is 0.245. The molecule has 0 heterocycles. The minimum absolute atomic E-state index is 0.245. The fraction of sp³-hybridized carbons (Fsp3) is 0.333. The Labute approximate surface area is 70.0 Å². The lowest BCUT2D eigenvalue weighted by Gasteiger charge is -1.99. The molecule has 0 rings (SSSR count). The third kappa shape index (κ3) is 6.41. The Kier molecular flexibility index (Phi) is 7.04. The third-order valence-corrected chi connectivity index (χ3v) is 3.85. The van der Waals surface area contributed by atoms with Crippen molar-refractivity contribution in [3.63, 3.8) is 0 Å². The molecule has 1 atom stereocenters. The van der Waals surface area contributed by atoms with Crippen molar-refractivity contribution in [2.24, 2.45) is 0 Å². The van der Waals surface area contributed by atoms with Gasteiger partial charge >= 0.3 is 0 Å². The van der Waals surface area contributed by atoms with E-state index in [-0.39, 0.29) is 4.58 Å². The lowest BCUT2D eigenvalue weighted by Crippen LogP contribution is -1.79. The molecule has 0 fully saturated rings. The predicted octanol–water partition coefficient (Wildman–Crippen LogP) is 3.00. The van der Waals surface area contributed by atoms with Crippen LogP contribution in [0.15, 0.2) is 25.3 Å². The second-order valence-electron chi connectivity index (χ2n) is 1.30. The Morgan fingerprint density at radius 3 is 2.67 bits per heavy atom. The molecule has 0 aliphatic carbocycles. The van der Waals surface area contributed by atoms with Gasteiger partial charge in [-0.3, -0.25) is 0 Å². The van der Waals surface area contributed by atoms with E-state index in [9.17, 15) is 0 Å². The molecule has 52 valence electrons. The van der Waals surface area contributed by atoms with Crippen LogP contribution >= 0.6 is 34.2 Å². The van der Waals surface area contributed by atoms with Crippen LogP contribution in [0.1, 0.15) is 0 Å². The highest BCUT2D eigenvalue weighted by Gasteiger charge is 1.94. The van der Waals surface area contributed by atoms with Gasteiger partial charge in [-0.25, -0.2) is 0 Å². The van der Waals surface area contributed by atoms with Crippen molar-refractivity contribution in [1.82, 2.24) is 0 Å². The van der Waals surface area contributed by atoms with Gasteiger partial charge in [0, 0.05) is 5.75 Å². The molecule has 0 bridgehead atoms. The van der Waals surface area contributed by atoms with Gasteiger partial charge < -0.3 is 0 Å². The quantitative estimate of drug-likeness (QED) is 0.226. The van der Waals surface area contributed by atoms with Crippen molar-refractivity contribution < 1.29 is 0 Å². The van der Waals surface area contributed by atoms with Crippen molar-refractivity contribution in [3.8, 4) is 0 Å². The van der Waals surface area contributed by atoms with Crippen LogP contribution in [0.5, 0.6) is 0 Å². The summed E-state index contributed by atoms with van der Waals surface area (Å²) in [5, 5.41) is 0. The van der Waals surface area contributed by atoms with E-state index in [1.165, 1.54) is 0 Å². The summed E-state index contributed by atoms with van der Waals surface area (Å²) in [7, 11) is 3.43. The number of thiol groups is 1. The first kappa shape index (κ1) is 9.53. The summed E-state index contributed by atoms with van der Waals surface area (Å²) >= 11 is 4.19. The molecule has 0 aromatic heterocycles. The zero-order valence-corrected chi connectivity index (χ0v) is 7.64. The number of rotatable bonds is 5. The van der Waals surface area contributed by atoms with Crippen molar-refractivity contribution in [3.05, 3.63) is 25.3 Å². The fourth-order valence-electron chi connectivity index (χ4n) is 0.196. The van der Waals surface area contributed by atoms with Crippen molar-refractivity contribution in [2.75, 3.05) is 5.75 Å². The minimum Gasteiger partial charge on any atom is -0.160 e. The first-order valence-electron chi connectivity index (χ1n) is 2.51. The highest BCUT2D eigenvalue weighted by Crippen LogP contribution is 2.29. The van der Waals surface area contributed by atoms with Crippen LogP contribution in [-0.2, 0) is 0 Å². The van der Waals surface area contributed by atoms with E-state index in [0.29, 0.717) is 0 Å². The van der Waals surface area contributed by atoms with Gasteiger partial charge in [-0.15, -0.1) is 13.2 Å². The molecule has 0 saturated heterocycles. The molecule has 0 aliphatic heterocycles. The molecule has 3 heteroatoms. The fourth-order valence-corrected chi connectivity index (χ4v) is 2.32. The second kappa shape index (κ2) is 6.65. The molecule has 0 saturated carbocycles. The summed E-state index contributed by atoms with van der Waals surface area (Å²) in [5.74, 6) is 0.968. The van der Waals surface area contributed by atoms with Gasteiger partial charge in [0.15, 0.2) is 0 Å². The zero-order chi connectivity index (χ0) is 7.11. The van der Waals surface area contributed by atoms with Gasteiger partial charge in [0.25, 0.3) is 0 Å². The summed E-state index contributed by atoms with van der Waals surface area (Å²) in [6.45, 7) is 7.20. The van der Waals surface area contributed by atoms with Crippen LogP contribution in [0.4, 0.5) is 0 Å². The Bertz CT molecular complexity index is 90.3. The summed E-state index contributed by atoms with van der Waals surface area (Å²) in [6.07, 6.45) is 3.69. The summed E-state index contributed by atoms with van der Waals surface area (Å²) in [4.78, 5) is 0. The average molecular weight is 178 g/mol. The van der Waals surface area contributed by atoms with Gasteiger partial charge in [-0.05, 0) is 0 Å². The van der Waals surface area contributed by atoms with E-state index < -0.39 is 0 Å². The number of hydrogen-bond acceptors (Lipinski definition) is 3. The zero-order valence-electron chi connectivity index (χ0n) is 5.12. The van der Waals surface area contributed by atoms with E-state index in [1.807, 2.05) is 12.2 Å². The van der Waals surface area contributed by atoms with Crippen molar-refractivity contribution >= 4 is 34.2 Å². The molecule has 0 aliphatic rings. The smallest absolute Gasteiger partial charge is 0.0753 e. The van der Waals surface area contributed by atoms with E-state index in [4.69, 9.17) is 0 Å². The van der Waals surface area contributed by atoms with Crippen LogP contribution in [-0.4, -0.2) is 10.3 Å². The Morgan fingerprint density at radius 1 is 1.56 bits per heavy atom. The molecule has 0 N–H and O–H groups in total. The number of hydrogen-bond donors (Lipinski definition) is 1. The lowest BCUT2D eigenvalue weighted by atomic mass is 10.8. The van der Waals surface area contributed by atoms with Crippen molar-refractivity contribution in [1.29, 1.82) is 0 Å². The summed E-state index contributed by atoms with van der Waals surface area (Å²) in [5.41, 5.74) is 0.